The van der Waals surface area contributed by atoms with Gasteiger partial charge in [0.15, 0.2) is 0 Å². The van der Waals surface area contributed by atoms with E-state index < -0.39 is 0 Å². The minimum Gasteiger partial charge on any atom is -0.450 e. The number of hydrogen-bond donors (Lipinski definition) is 1. The van der Waals surface area contributed by atoms with E-state index >= 15 is 0 Å². The lowest BCUT2D eigenvalue weighted by Crippen LogP contribution is -2.60. The van der Waals surface area contributed by atoms with Gasteiger partial charge < -0.3 is 24.6 Å². The third kappa shape index (κ3) is 5.67. The number of nitrogens with zero attached hydrogens (tertiary/aromatic N) is 3. The van der Waals surface area contributed by atoms with Crippen LogP contribution in [0.15, 0.2) is 30.3 Å². The molecule has 0 aromatic heterocycles. The number of alkyl carbamates (subject to hydrolysis) is 1. The molecule has 8 nitrogen and oxygen atoms in total. The van der Waals surface area contributed by atoms with E-state index in [2.05, 4.69) is 46.0 Å². The van der Waals surface area contributed by atoms with Crippen molar-refractivity contribution in [1.82, 2.24) is 20.0 Å². The SMILES string of the molecule is CCOC(=O)N[C@@H](CCN1C2CCC1CC1(C2)CN(CC2CCOCC2)C(=O)N1C(C)C)c1ccccc1. The van der Waals surface area contributed by atoms with Crippen LogP contribution in [0.25, 0.3) is 0 Å². The predicted molar refractivity (Wildman–Crippen MR) is 147 cm³/mol. The molecule has 0 aliphatic carbocycles. The summed E-state index contributed by atoms with van der Waals surface area (Å²) in [5.74, 6) is 0.551. The van der Waals surface area contributed by atoms with Gasteiger partial charge in [-0.3, -0.25) is 4.90 Å². The monoisotopic (exact) mass is 526 g/mol. The summed E-state index contributed by atoms with van der Waals surface area (Å²) in [6.45, 7) is 10.8. The van der Waals surface area contributed by atoms with Crippen molar-refractivity contribution in [3.05, 3.63) is 35.9 Å². The van der Waals surface area contributed by atoms with Crippen molar-refractivity contribution >= 4 is 12.1 Å². The number of hydrogen-bond acceptors (Lipinski definition) is 5. The lowest BCUT2D eigenvalue weighted by molar-refractivity contribution is 0.0144. The van der Waals surface area contributed by atoms with Gasteiger partial charge in [0.25, 0.3) is 0 Å². The third-order valence-corrected chi connectivity index (χ3v) is 9.26. The average Bonchev–Trinajstić information content (AvgIpc) is 3.31. The van der Waals surface area contributed by atoms with Crippen molar-refractivity contribution in [1.29, 1.82) is 0 Å². The minimum atomic E-state index is -0.358. The molecule has 4 heterocycles. The second-order valence-corrected chi connectivity index (χ2v) is 12.1. The van der Waals surface area contributed by atoms with Crippen LogP contribution in [0.2, 0.25) is 0 Å². The Kier molecular flexibility index (Phi) is 8.48. The fraction of sp³-hybridized carbons (Fsp3) is 0.733. The summed E-state index contributed by atoms with van der Waals surface area (Å²) >= 11 is 0. The summed E-state index contributed by atoms with van der Waals surface area (Å²) in [5.41, 5.74) is 1.04. The molecule has 0 radical (unpaired) electrons. The normalized spacial score (nSPS) is 28.9. The predicted octanol–water partition coefficient (Wildman–Crippen LogP) is 4.80. The Hall–Kier alpha value is -2.32. The van der Waals surface area contributed by atoms with Crippen LogP contribution in [0.4, 0.5) is 9.59 Å². The molecule has 3 amide bonds. The van der Waals surface area contributed by atoms with Crippen molar-refractivity contribution in [3.8, 4) is 0 Å². The molecular weight excluding hydrogens is 480 g/mol. The molecular formula is C30H46N4O4. The highest BCUT2D eigenvalue weighted by atomic mass is 16.5. The Labute approximate surface area is 228 Å². The van der Waals surface area contributed by atoms with Gasteiger partial charge in [0.05, 0.1) is 18.2 Å². The van der Waals surface area contributed by atoms with E-state index in [4.69, 9.17) is 9.47 Å². The van der Waals surface area contributed by atoms with Gasteiger partial charge in [-0.25, -0.2) is 9.59 Å². The molecule has 1 aromatic rings. The topological polar surface area (TPSA) is 74.4 Å². The second kappa shape index (κ2) is 11.8. The molecule has 5 rings (SSSR count). The van der Waals surface area contributed by atoms with Crippen molar-refractivity contribution in [3.63, 3.8) is 0 Å². The van der Waals surface area contributed by atoms with Gasteiger partial charge in [0, 0.05) is 51.0 Å². The molecule has 2 unspecified atom stereocenters. The summed E-state index contributed by atoms with van der Waals surface area (Å²) in [4.78, 5) is 33.1. The molecule has 0 saturated carbocycles. The van der Waals surface area contributed by atoms with Crippen LogP contribution in [-0.2, 0) is 9.47 Å². The average molecular weight is 527 g/mol. The Balaban J connectivity index is 1.26. The number of benzene rings is 1. The van der Waals surface area contributed by atoms with Crippen molar-refractivity contribution in [2.24, 2.45) is 5.92 Å². The smallest absolute Gasteiger partial charge is 0.407 e. The zero-order valence-electron chi connectivity index (χ0n) is 23.4. The number of nitrogens with one attached hydrogen (secondary N) is 1. The Morgan fingerprint density at radius 3 is 2.42 bits per heavy atom. The molecule has 38 heavy (non-hydrogen) atoms. The van der Waals surface area contributed by atoms with E-state index in [1.807, 2.05) is 25.1 Å². The Morgan fingerprint density at radius 1 is 1.11 bits per heavy atom. The van der Waals surface area contributed by atoms with E-state index in [0.29, 0.717) is 24.6 Å². The first-order valence-electron chi connectivity index (χ1n) is 14.8. The second-order valence-electron chi connectivity index (χ2n) is 12.1. The Morgan fingerprint density at radius 2 is 1.79 bits per heavy atom. The Bertz CT molecular complexity index is 937. The molecule has 2 bridgehead atoms. The molecule has 1 aromatic carbocycles. The molecule has 4 saturated heterocycles. The first-order valence-corrected chi connectivity index (χ1v) is 14.8. The van der Waals surface area contributed by atoms with Crippen LogP contribution in [0.1, 0.15) is 77.3 Å². The summed E-state index contributed by atoms with van der Waals surface area (Å²) < 4.78 is 10.8. The van der Waals surface area contributed by atoms with Gasteiger partial charge >= 0.3 is 12.1 Å². The van der Waals surface area contributed by atoms with E-state index in [0.717, 1.165) is 70.5 Å². The lowest BCUT2D eigenvalue weighted by Gasteiger charge is -2.49. The molecule has 3 atom stereocenters. The van der Waals surface area contributed by atoms with Gasteiger partial charge in [0.2, 0.25) is 0 Å². The molecule has 4 aliphatic rings. The maximum atomic E-state index is 13.7. The van der Waals surface area contributed by atoms with Crippen LogP contribution < -0.4 is 5.32 Å². The van der Waals surface area contributed by atoms with Crippen molar-refractivity contribution in [2.75, 3.05) is 39.5 Å². The van der Waals surface area contributed by atoms with E-state index in [-0.39, 0.29) is 29.7 Å². The maximum Gasteiger partial charge on any atom is 0.407 e. The number of carbonyl (C=O) groups excluding carboxylic acids is 2. The van der Waals surface area contributed by atoms with Crippen LogP contribution in [-0.4, -0.2) is 89.9 Å². The summed E-state index contributed by atoms with van der Waals surface area (Å²) in [6, 6.07) is 11.5. The highest BCUT2D eigenvalue weighted by molar-refractivity contribution is 5.78. The molecule has 1 spiro atoms. The van der Waals surface area contributed by atoms with Gasteiger partial charge in [-0.1, -0.05) is 30.3 Å². The fourth-order valence-corrected chi connectivity index (χ4v) is 7.71. The fourth-order valence-electron chi connectivity index (χ4n) is 7.71. The number of fused-ring (bicyclic) bond motifs is 2. The highest BCUT2D eigenvalue weighted by Crippen LogP contribution is 2.48. The van der Waals surface area contributed by atoms with E-state index in [1.54, 1.807) is 0 Å². The zero-order chi connectivity index (χ0) is 26.7. The van der Waals surface area contributed by atoms with Crippen molar-refractivity contribution in [2.45, 2.75) is 95.4 Å². The summed E-state index contributed by atoms with van der Waals surface area (Å²) in [6.07, 6.45) is 7.05. The highest BCUT2D eigenvalue weighted by Gasteiger charge is 2.57. The van der Waals surface area contributed by atoms with Crippen LogP contribution in [0.3, 0.4) is 0 Å². The third-order valence-electron chi connectivity index (χ3n) is 9.26. The van der Waals surface area contributed by atoms with Gasteiger partial charge in [-0.2, -0.15) is 0 Å². The van der Waals surface area contributed by atoms with Gasteiger partial charge in [-0.05, 0) is 77.2 Å². The molecule has 1 N–H and O–H groups in total. The van der Waals surface area contributed by atoms with Gasteiger partial charge in [-0.15, -0.1) is 0 Å². The zero-order valence-corrected chi connectivity index (χ0v) is 23.4. The number of rotatable bonds is 9. The first-order chi connectivity index (χ1) is 18.4. The first kappa shape index (κ1) is 27.3. The molecule has 210 valence electrons. The number of urea groups is 1. The summed E-state index contributed by atoms with van der Waals surface area (Å²) in [5, 5.41) is 3.09. The van der Waals surface area contributed by atoms with Gasteiger partial charge in [0.1, 0.15) is 0 Å². The number of piperidine rings is 1. The van der Waals surface area contributed by atoms with E-state index in [1.165, 1.54) is 12.8 Å². The number of amides is 3. The number of carbonyl (C=O) groups is 2. The van der Waals surface area contributed by atoms with Crippen molar-refractivity contribution < 1.29 is 19.1 Å². The van der Waals surface area contributed by atoms with Crippen LogP contribution in [0.5, 0.6) is 0 Å². The molecule has 4 aliphatic heterocycles. The number of ether oxygens (including phenoxy) is 2. The van der Waals surface area contributed by atoms with E-state index in [9.17, 15) is 9.59 Å². The summed E-state index contributed by atoms with van der Waals surface area (Å²) in [7, 11) is 0. The maximum absolute atomic E-state index is 13.7. The minimum absolute atomic E-state index is 0.0687. The molecule has 4 fully saturated rings. The quantitative estimate of drug-likeness (QED) is 0.500. The standard InChI is InChI=1S/C30H46N4O4/c1-4-38-28(35)31-27(24-8-6-5-7-9-24)12-15-33-25-10-11-26(33)19-30(18-25)21-32(29(36)34(30)22(2)3)20-23-13-16-37-17-14-23/h5-9,22-23,25-27H,4,10-21H2,1-3H3,(H,31,35)/t25?,26?,27-,30?/m0/s1. The van der Waals surface area contributed by atoms with Crippen LogP contribution in [0, 0.1) is 5.92 Å². The van der Waals surface area contributed by atoms with Crippen LogP contribution >= 0.6 is 0 Å². The largest absolute Gasteiger partial charge is 0.450 e. The molecule has 8 heteroatoms. The lowest BCUT2D eigenvalue weighted by atomic mass is 9.81.